The monoisotopic (exact) mass is 210 g/mol. The molecule has 4 heteroatoms. The van der Waals surface area contributed by atoms with Crippen molar-refractivity contribution in [1.29, 1.82) is 0 Å². The number of carbonyl (C=O) groups excluding carboxylic acids is 2. The van der Waals surface area contributed by atoms with Crippen molar-refractivity contribution in [3.05, 3.63) is 0 Å². The van der Waals surface area contributed by atoms with E-state index in [0.717, 1.165) is 25.9 Å². The van der Waals surface area contributed by atoms with Crippen LogP contribution in [0.4, 0.5) is 0 Å². The van der Waals surface area contributed by atoms with E-state index in [4.69, 9.17) is 0 Å². The fourth-order valence-electron chi connectivity index (χ4n) is 2.30. The fraction of sp³-hybridized carbons (Fsp3) is 0.818. The number of carbonyl (C=O) groups is 2. The molecule has 2 rings (SSSR count). The van der Waals surface area contributed by atoms with Gasteiger partial charge in [0.2, 0.25) is 5.91 Å². The number of hydrogen-bond donors (Lipinski definition) is 1. The highest BCUT2D eigenvalue weighted by molar-refractivity contribution is 5.84. The fourth-order valence-corrected chi connectivity index (χ4v) is 2.30. The smallest absolute Gasteiger partial charge is 0.225 e. The van der Waals surface area contributed by atoms with Crippen molar-refractivity contribution in [2.45, 2.75) is 25.7 Å². The van der Waals surface area contributed by atoms with Gasteiger partial charge in [-0.2, -0.15) is 0 Å². The Balaban J connectivity index is 1.86. The van der Waals surface area contributed by atoms with Crippen LogP contribution in [0.1, 0.15) is 25.7 Å². The number of ketones is 1. The van der Waals surface area contributed by atoms with Crippen molar-refractivity contribution in [2.24, 2.45) is 5.92 Å². The molecule has 1 amide bonds. The first kappa shape index (κ1) is 10.6. The quantitative estimate of drug-likeness (QED) is 0.671. The molecule has 0 aromatic rings. The van der Waals surface area contributed by atoms with E-state index in [1.165, 1.54) is 0 Å². The van der Waals surface area contributed by atoms with Gasteiger partial charge in [0.1, 0.15) is 5.78 Å². The van der Waals surface area contributed by atoms with Crippen LogP contribution in [-0.4, -0.2) is 42.8 Å². The number of hydrogen-bond acceptors (Lipinski definition) is 3. The van der Waals surface area contributed by atoms with Gasteiger partial charge in [0.25, 0.3) is 0 Å². The molecule has 15 heavy (non-hydrogen) atoms. The molecule has 2 aliphatic rings. The summed E-state index contributed by atoms with van der Waals surface area (Å²) in [6.45, 7) is 3.18. The minimum atomic E-state index is 0.194. The van der Waals surface area contributed by atoms with Crippen molar-refractivity contribution in [1.82, 2.24) is 10.2 Å². The largest absolute Gasteiger partial charge is 0.342 e. The van der Waals surface area contributed by atoms with Crippen LogP contribution in [0.15, 0.2) is 0 Å². The molecule has 0 atom stereocenters. The van der Waals surface area contributed by atoms with Crippen LogP contribution in [0.3, 0.4) is 0 Å². The van der Waals surface area contributed by atoms with Gasteiger partial charge in [-0.25, -0.2) is 0 Å². The minimum Gasteiger partial charge on any atom is -0.342 e. The number of piperidine rings is 2. The highest BCUT2D eigenvalue weighted by Gasteiger charge is 2.28. The van der Waals surface area contributed by atoms with Crippen molar-refractivity contribution in [2.75, 3.05) is 26.2 Å². The highest BCUT2D eigenvalue weighted by atomic mass is 16.2. The Bertz CT molecular complexity index is 249. The number of nitrogens with one attached hydrogen (secondary N) is 1. The number of Topliss-reactive ketones (excluding diaryl/α,β-unsaturated/α-hetero) is 1. The first-order chi connectivity index (χ1) is 7.27. The molecule has 0 aromatic carbocycles. The summed E-state index contributed by atoms with van der Waals surface area (Å²) in [6.07, 6.45) is 3.00. The van der Waals surface area contributed by atoms with Crippen molar-refractivity contribution in [3.63, 3.8) is 0 Å². The summed E-state index contributed by atoms with van der Waals surface area (Å²) in [5.74, 6) is 0.757. The van der Waals surface area contributed by atoms with Crippen molar-refractivity contribution in [3.8, 4) is 0 Å². The maximum atomic E-state index is 12.0. The van der Waals surface area contributed by atoms with Gasteiger partial charge in [-0.05, 0) is 25.9 Å². The molecule has 2 aliphatic heterocycles. The van der Waals surface area contributed by atoms with E-state index in [0.29, 0.717) is 31.7 Å². The summed E-state index contributed by atoms with van der Waals surface area (Å²) in [7, 11) is 0. The van der Waals surface area contributed by atoms with Crippen LogP contribution in [0.25, 0.3) is 0 Å². The second-order valence-corrected chi connectivity index (χ2v) is 4.39. The lowest BCUT2D eigenvalue weighted by Gasteiger charge is -2.31. The van der Waals surface area contributed by atoms with Gasteiger partial charge in [0.15, 0.2) is 0 Å². The van der Waals surface area contributed by atoms with Gasteiger partial charge in [0, 0.05) is 31.8 Å². The maximum absolute atomic E-state index is 12.0. The Morgan fingerprint density at radius 1 is 1.20 bits per heavy atom. The molecule has 2 saturated heterocycles. The standard InChI is InChI=1S/C11H18N2O2/c14-10-3-7-13(8-4-10)11(15)9-1-5-12-6-2-9/h9,12H,1-8H2. The Labute approximate surface area is 90.0 Å². The summed E-state index contributed by atoms with van der Waals surface area (Å²) in [4.78, 5) is 25.0. The lowest BCUT2D eigenvalue weighted by Crippen LogP contribution is -2.44. The molecule has 0 aromatic heterocycles. The van der Waals surface area contributed by atoms with Crippen LogP contribution >= 0.6 is 0 Å². The van der Waals surface area contributed by atoms with Gasteiger partial charge < -0.3 is 10.2 Å². The average molecular weight is 210 g/mol. The van der Waals surface area contributed by atoms with Crippen LogP contribution in [-0.2, 0) is 9.59 Å². The van der Waals surface area contributed by atoms with E-state index in [1.807, 2.05) is 4.90 Å². The Morgan fingerprint density at radius 2 is 1.80 bits per heavy atom. The average Bonchev–Trinajstić information content (AvgIpc) is 2.30. The summed E-state index contributed by atoms with van der Waals surface area (Å²) in [5.41, 5.74) is 0. The summed E-state index contributed by atoms with van der Waals surface area (Å²) >= 11 is 0. The van der Waals surface area contributed by atoms with E-state index in [-0.39, 0.29) is 11.8 Å². The molecule has 0 unspecified atom stereocenters. The molecule has 4 nitrogen and oxygen atoms in total. The summed E-state index contributed by atoms with van der Waals surface area (Å²) in [6, 6.07) is 0. The Kier molecular flexibility index (Phi) is 3.36. The molecule has 0 radical (unpaired) electrons. The molecule has 2 fully saturated rings. The van der Waals surface area contributed by atoms with Gasteiger partial charge >= 0.3 is 0 Å². The van der Waals surface area contributed by atoms with Crippen molar-refractivity contribution < 1.29 is 9.59 Å². The topological polar surface area (TPSA) is 49.4 Å². The van der Waals surface area contributed by atoms with Crippen LogP contribution in [0, 0.1) is 5.92 Å². The molecule has 0 saturated carbocycles. The highest BCUT2D eigenvalue weighted by Crippen LogP contribution is 2.17. The molecular formula is C11H18N2O2. The van der Waals surface area contributed by atoms with E-state index in [1.54, 1.807) is 0 Å². The van der Waals surface area contributed by atoms with Gasteiger partial charge in [-0.15, -0.1) is 0 Å². The van der Waals surface area contributed by atoms with E-state index in [2.05, 4.69) is 5.32 Å². The van der Waals surface area contributed by atoms with E-state index < -0.39 is 0 Å². The predicted molar refractivity (Wildman–Crippen MR) is 56.4 cm³/mol. The SMILES string of the molecule is O=C1CCN(C(=O)C2CCNCC2)CC1. The van der Waals surface area contributed by atoms with Gasteiger partial charge in [-0.1, -0.05) is 0 Å². The molecule has 0 aliphatic carbocycles. The zero-order valence-electron chi connectivity index (χ0n) is 9.00. The number of rotatable bonds is 1. The molecule has 84 valence electrons. The van der Waals surface area contributed by atoms with E-state index >= 15 is 0 Å². The normalized spacial score (nSPS) is 24.3. The third-order valence-electron chi connectivity index (χ3n) is 3.32. The third-order valence-corrected chi connectivity index (χ3v) is 3.32. The summed E-state index contributed by atoms with van der Waals surface area (Å²) in [5, 5.41) is 3.25. The van der Waals surface area contributed by atoms with Gasteiger partial charge in [-0.3, -0.25) is 9.59 Å². The summed E-state index contributed by atoms with van der Waals surface area (Å²) < 4.78 is 0. The second kappa shape index (κ2) is 4.75. The maximum Gasteiger partial charge on any atom is 0.225 e. The molecule has 0 spiro atoms. The first-order valence-corrected chi connectivity index (χ1v) is 5.78. The third kappa shape index (κ3) is 2.56. The molecule has 0 bridgehead atoms. The van der Waals surface area contributed by atoms with Crippen LogP contribution in [0.5, 0.6) is 0 Å². The number of nitrogens with zero attached hydrogens (tertiary/aromatic N) is 1. The molecule has 2 heterocycles. The van der Waals surface area contributed by atoms with E-state index in [9.17, 15) is 9.59 Å². The molecular weight excluding hydrogens is 192 g/mol. The molecule has 1 N–H and O–H groups in total. The first-order valence-electron chi connectivity index (χ1n) is 5.78. The van der Waals surface area contributed by atoms with Crippen LogP contribution in [0.2, 0.25) is 0 Å². The Hall–Kier alpha value is -0.900. The lowest BCUT2D eigenvalue weighted by atomic mass is 9.95. The number of amides is 1. The Morgan fingerprint density at radius 3 is 2.40 bits per heavy atom. The minimum absolute atomic E-state index is 0.194. The zero-order valence-corrected chi connectivity index (χ0v) is 9.00. The second-order valence-electron chi connectivity index (χ2n) is 4.39. The zero-order chi connectivity index (χ0) is 10.7. The lowest BCUT2D eigenvalue weighted by molar-refractivity contribution is -0.139. The van der Waals surface area contributed by atoms with Crippen molar-refractivity contribution >= 4 is 11.7 Å². The predicted octanol–water partition coefficient (Wildman–Crippen LogP) is 0.177. The van der Waals surface area contributed by atoms with Crippen LogP contribution < -0.4 is 5.32 Å². The number of likely N-dealkylation sites (tertiary alicyclic amines) is 1. The van der Waals surface area contributed by atoms with Gasteiger partial charge in [0.05, 0.1) is 0 Å².